The van der Waals surface area contributed by atoms with Gasteiger partial charge in [-0.1, -0.05) is 18.2 Å². The lowest BCUT2D eigenvalue weighted by Crippen LogP contribution is -2.23. The van der Waals surface area contributed by atoms with E-state index >= 15 is 0 Å². The highest BCUT2D eigenvalue weighted by atomic mass is 19.1. The maximum absolute atomic E-state index is 13.7. The van der Waals surface area contributed by atoms with Gasteiger partial charge in [0, 0.05) is 13.2 Å². The summed E-state index contributed by atoms with van der Waals surface area (Å²) < 4.78 is 15.5. The maximum Gasteiger partial charge on any atom is 0.126 e. The predicted molar refractivity (Wildman–Crippen MR) is 74.4 cm³/mol. The van der Waals surface area contributed by atoms with Gasteiger partial charge in [-0.15, -0.1) is 0 Å². The van der Waals surface area contributed by atoms with Crippen LogP contribution in [0.3, 0.4) is 0 Å². The van der Waals surface area contributed by atoms with Crippen LogP contribution in [0, 0.1) is 11.7 Å². The van der Waals surface area contributed by atoms with Gasteiger partial charge in [0.1, 0.15) is 5.82 Å². The molecule has 2 aromatic rings. The molecular formula is C15H20FN3. The van der Waals surface area contributed by atoms with Crippen LogP contribution in [0.5, 0.6) is 0 Å². The van der Waals surface area contributed by atoms with Crippen molar-refractivity contribution in [3.8, 4) is 0 Å². The van der Waals surface area contributed by atoms with Gasteiger partial charge in [-0.2, -0.15) is 5.10 Å². The Morgan fingerprint density at radius 3 is 2.68 bits per heavy atom. The summed E-state index contributed by atoms with van der Waals surface area (Å²) in [4.78, 5) is 0. The van der Waals surface area contributed by atoms with E-state index in [4.69, 9.17) is 0 Å². The zero-order chi connectivity index (χ0) is 13.7. The lowest BCUT2D eigenvalue weighted by atomic mass is 9.94. The first-order valence-electron chi connectivity index (χ1n) is 6.55. The van der Waals surface area contributed by atoms with Crippen LogP contribution in [0.1, 0.15) is 11.3 Å². The van der Waals surface area contributed by atoms with Crippen molar-refractivity contribution in [1.82, 2.24) is 15.1 Å². The number of hydrogen-bond donors (Lipinski definition) is 1. The van der Waals surface area contributed by atoms with Gasteiger partial charge >= 0.3 is 0 Å². The van der Waals surface area contributed by atoms with Crippen LogP contribution >= 0.6 is 0 Å². The van der Waals surface area contributed by atoms with E-state index in [1.54, 1.807) is 10.7 Å². The second-order valence-electron chi connectivity index (χ2n) is 4.90. The van der Waals surface area contributed by atoms with Crippen LogP contribution in [0.25, 0.3) is 0 Å². The Hall–Kier alpha value is -1.68. The Kier molecular flexibility index (Phi) is 4.68. The molecule has 0 aliphatic heterocycles. The molecule has 102 valence electrons. The van der Waals surface area contributed by atoms with Crippen LogP contribution in [0.4, 0.5) is 4.39 Å². The Morgan fingerprint density at radius 1 is 1.26 bits per heavy atom. The normalized spacial score (nSPS) is 12.6. The monoisotopic (exact) mass is 261 g/mol. The van der Waals surface area contributed by atoms with E-state index in [1.807, 2.05) is 38.5 Å². The van der Waals surface area contributed by atoms with Crippen molar-refractivity contribution >= 4 is 0 Å². The minimum absolute atomic E-state index is 0.121. The predicted octanol–water partition coefficient (Wildman–Crippen LogP) is 2.18. The van der Waals surface area contributed by atoms with Gasteiger partial charge in [0.15, 0.2) is 0 Å². The fourth-order valence-electron chi connectivity index (χ4n) is 2.35. The molecule has 0 saturated carbocycles. The Balaban J connectivity index is 2.06. The summed E-state index contributed by atoms with van der Waals surface area (Å²) in [6.07, 6.45) is 3.52. The molecule has 0 bridgehead atoms. The molecule has 0 spiro atoms. The van der Waals surface area contributed by atoms with E-state index in [0.29, 0.717) is 5.92 Å². The number of benzene rings is 1. The molecule has 0 aliphatic rings. The van der Waals surface area contributed by atoms with E-state index in [0.717, 1.165) is 30.6 Å². The SMILES string of the molecule is CNCC(Cc1ccn(C)n1)Cc1ccccc1F. The molecule has 3 nitrogen and oxygen atoms in total. The zero-order valence-corrected chi connectivity index (χ0v) is 11.4. The summed E-state index contributed by atoms with van der Waals surface area (Å²) in [5.74, 6) is 0.224. The summed E-state index contributed by atoms with van der Waals surface area (Å²) in [6.45, 7) is 0.852. The average molecular weight is 261 g/mol. The number of hydrogen-bond acceptors (Lipinski definition) is 2. The molecule has 19 heavy (non-hydrogen) atoms. The van der Waals surface area contributed by atoms with Crippen molar-refractivity contribution in [2.24, 2.45) is 13.0 Å². The lowest BCUT2D eigenvalue weighted by molar-refractivity contribution is 0.473. The fourth-order valence-corrected chi connectivity index (χ4v) is 2.35. The topological polar surface area (TPSA) is 29.9 Å². The highest BCUT2D eigenvalue weighted by Gasteiger charge is 2.13. The van der Waals surface area contributed by atoms with Crippen molar-refractivity contribution in [2.75, 3.05) is 13.6 Å². The molecule has 1 N–H and O–H groups in total. The highest BCUT2D eigenvalue weighted by Crippen LogP contribution is 2.16. The van der Waals surface area contributed by atoms with Gasteiger partial charge in [-0.25, -0.2) is 4.39 Å². The first-order valence-corrected chi connectivity index (χ1v) is 6.55. The Morgan fingerprint density at radius 2 is 2.05 bits per heavy atom. The van der Waals surface area contributed by atoms with E-state index in [2.05, 4.69) is 10.4 Å². The van der Waals surface area contributed by atoms with Gasteiger partial charge in [0.05, 0.1) is 5.69 Å². The Bertz CT molecular complexity index is 522. The van der Waals surface area contributed by atoms with Gasteiger partial charge in [0.2, 0.25) is 0 Å². The number of halogens is 1. The summed E-state index contributed by atoms with van der Waals surface area (Å²) >= 11 is 0. The molecule has 0 radical (unpaired) electrons. The van der Waals surface area contributed by atoms with E-state index in [-0.39, 0.29) is 5.82 Å². The number of rotatable bonds is 6. The largest absolute Gasteiger partial charge is 0.319 e. The van der Waals surface area contributed by atoms with Crippen molar-refractivity contribution < 1.29 is 4.39 Å². The van der Waals surface area contributed by atoms with Crippen molar-refractivity contribution in [3.63, 3.8) is 0 Å². The average Bonchev–Trinajstić information content (AvgIpc) is 2.78. The minimum atomic E-state index is -0.121. The van der Waals surface area contributed by atoms with Gasteiger partial charge in [-0.05, 0) is 50.0 Å². The molecule has 2 rings (SSSR count). The second kappa shape index (κ2) is 6.48. The number of aromatic nitrogens is 2. The van der Waals surface area contributed by atoms with Crippen LogP contribution in [-0.2, 0) is 19.9 Å². The highest BCUT2D eigenvalue weighted by molar-refractivity contribution is 5.18. The summed E-state index contributed by atoms with van der Waals surface area (Å²) in [5, 5.41) is 7.57. The van der Waals surface area contributed by atoms with Crippen molar-refractivity contribution in [3.05, 3.63) is 53.6 Å². The molecule has 1 heterocycles. The molecule has 4 heteroatoms. The van der Waals surface area contributed by atoms with Crippen LogP contribution in [0.15, 0.2) is 36.5 Å². The third-order valence-electron chi connectivity index (χ3n) is 3.23. The lowest BCUT2D eigenvalue weighted by Gasteiger charge is -2.16. The van der Waals surface area contributed by atoms with Crippen LogP contribution < -0.4 is 5.32 Å². The molecule has 1 unspecified atom stereocenters. The standard InChI is InChI=1S/C15H20FN3/c1-17-11-12(10-14-7-8-19(2)18-14)9-13-5-3-4-6-15(13)16/h3-8,12,17H,9-11H2,1-2H3. The second-order valence-corrected chi connectivity index (χ2v) is 4.90. The molecule has 1 atom stereocenters. The molecule has 0 fully saturated rings. The summed E-state index contributed by atoms with van der Waals surface area (Å²) in [6, 6.07) is 9.01. The van der Waals surface area contributed by atoms with Crippen LogP contribution in [-0.4, -0.2) is 23.4 Å². The number of nitrogens with one attached hydrogen (secondary N) is 1. The zero-order valence-electron chi connectivity index (χ0n) is 11.4. The molecule has 0 amide bonds. The van der Waals surface area contributed by atoms with Gasteiger partial charge in [-0.3, -0.25) is 4.68 Å². The first-order chi connectivity index (χ1) is 9.19. The number of aryl methyl sites for hydroxylation is 1. The molecular weight excluding hydrogens is 241 g/mol. The third kappa shape index (κ3) is 3.89. The molecule has 1 aromatic heterocycles. The van der Waals surface area contributed by atoms with Crippen molar-refractivity contribution in [1.29, 1.82) is 0 Å². The van der Waals surface area contributed by atoms with Gasteiger partial charge in [0.25, 0.3) is 0 Å². The van der Waals surface area contributed by atoms with E-state index in [9.17, 15) is 4.39 Å². The summed E-state index contributed by atoms with van der Waals surface area (Å²) in [5.41, 5.74) is 1.83. The number of nitrogens with zero attached hydrogens (tertiary/aromatic N) is 2. The molecule has 1 aromatic carbocycles. The third-order valence-corrected chi connectivity index (χ3v) is 3.23. The molecule has 0 saturated heterocycles. The minimum Gasteiger partial charge on any atom is -0.319 e. The summed E-state index contributed by atoms with van der Waals surface area (Å²) in [7, 11) is 3.83. The fraction of sp³-hybridized carbons (Fsp3) is 0.400. The van der Waals surface area contributed by atoms with Crippen molar-refractivity contribution in [2.45, 2.75) is 12.8 Å². The van der Waals surface area contributed by atoms with E-state index < -0.39 is 0 Å². The smallest absolute Gasteiger partial charge is 0.126 e. The van der Waals surface area contributed by atoms with E-state index in [1.165, 1.54) is 6.07 Å². The van der Waals surface area contributed by atoms with Gasteiger partial charge < -0.3 is 5.32 Å². The maximum atomic E-state index is 13.7. The Labute approximate surface area is 113 Å². The first kappa shape index (κ1) is 13.7. The molecule has 0 aliphatic carbocycles. The quantitative estimate of drug-likeness (QED) is 0.863. The van der Waals surface area contributed by atoms with Crippen LogP contribution in [0.2, 0.25) is 0 Å².